The minimum Gasteiger partial charge on any atom is -0.373 e. The van der Waals surface area contributed by atoms with Crippen LogP contribution in [0.25, 0.3) is 0 Å². The largest absolute Gasteiger partial charge is 0.373 e. The number of nitrogens with zero attached hydrogens (tertiary/aromatic N) is 2. The summed E-state index contributed by atoms with van der Waals surface area (Å²) < 4.78 is 5.51. The van der Waals surface area contributed by atoms with Gasteiger partial charge in [-0.2, -0.15) is 0 Å². The molecule has 1 aliphatic carbocycles. The van der Waals surface area contributed by atoms with Crippen LogP contribution in [0.3, 0.4) is 0 Å². The second kappa shape index (κ2) is 5.63. The molecule has 2 aliphatic rings. The molecule has 0 saturated carbocycles. The molecule has 98 valence electrons. The van der Waals surface area contributed by atoms with Crippen molar-refractivity contribution >= 4 is 6.21 Å². The van der Waals surface area contributed by atoms with Gasteiger partial charge >= 0.3 is 0 Å². The molecule has 0 amide bonds. The molecule has 0 bridgehead atoms. The van der Waals surface area contributed by atoms with Crippen molar-refractivity contribution in [2.75, 3.05) is 20.7 Å². The topological polar surface area (TPSA) is 24.8 Å². The highest BCUT2D eigenvalue weighted by Gasteiger charge is 2.24. The third-order valence-electron chi connectivity index (χ3n) is 3.68. The first-order chi connectivity index (χ1) is 8.63. The Hall–Kier alpha value is -1.19. The maximum atomic E-state index is 5.51. The van der Waals surface area contributed by atoms with E-state index in [1.54, 1.807) is 7.11 Å². The average molecular weight is 246 g/mol. The fourth-order valence-electron chi connectivity index (χ4n) is 2.21. The molecule has 0 fully saturated rings. The Bertz CT molecular complexity index is 430. The van der Waals surface area contributed by atoms with Gasteiger partial charge < -0.3 is 9.64 Å². The fraction of sp³-hybridized carbons (Fsp3) is 0.533. The van der Waals surface area contributed by atoms with Crippen LogP contribution < -0.4 is 0 Å². The molecule has 3 nitrogen and oxygen atoms in total. The zero-order chi connectivity index (χ0) is 13.1. The van der Waals surface area contributed by atoms with Crippen molar-refractivity contribution in [3.8, 4) is 0 Å². The van der Waals surface area contributed by atoms with E-state index in [9.17, 15) is 0 Å². The summed E-state index contributed by atoms with van der Waals surface area (Å²) in [5.74, 6) is 0. The number of allylic oxidation sites excluding steroid dienone is 2. The van der Waals surface area contributed by atoms with E-state index in [1.807, 2.05) is 12.3 Å². The monoisotopic (exact) mass is 246 g/mol. The van der Waals surface area contributed by atoms with Gasteiger partial charge in [-0.05, 0) is 39.0 Å². The van der Waals surface area contributed by atoms with Crippen LogP contribution in [0, 0.1) is 0 Å². The van der Waals surface area contributed by atoms with Gasteiger partial charge in [0.1, 0.15) is 6.10 Å². The van der Waals surface area contributed by atoms with Crippen molar-refractivity contribution in [2.24, 2.45) is 4.99 Å². The molecular formula is C15H22N2O. The quantitative estimate of drug-likeness (QED) is 0.745. The molecule has 18 heavy (non-hydrogen) atoms. The first kappa shape index (κ1) is 13.2. The summed E-state index contributed by atoms with van der Waals surface area (Å²) in [4.78, 5) is 6.82. The molecule has 0 aromatic carbocycles. The van der Waals surface area contributed by atoms with Crippen molar-refractivity contribution in [1.82, 2.24) is 4.90 Å². The Morgan fingerprint density at radius 2 is 2.22 bits per heavy atom. The van der Waals surface area contributed by atoms with E-state index in [0.29, 0.717) is 6.04 Å². The Morgan fingerprint density at radius 1 is 1.44 bits per heavy atom. The third kappa shape index (κ3) is 2.62. The van der Waals surface area contributed by atoms with Gasteiger partial charge in [0.2, 0.25) is 0 Å². The molecule has 1 heterocycles. The maximum absolute atomic E-state index is 5.51. The first-order valence-electron chi connectivity index (χ1n) is 6.52. The Kier molecular flexibility index (Phi) is 4.15. The maximum Gasteiger partial charge on any atom is 0.103 e. The standard InChI is InChI=1S/C15H22N2O/c1-11(2)17(3)9-8-12-10-16-13-6-5-7-14(18-4)15(12)13/h5-7,10-11,14H,8-9H2,1-4H3. The zero-order valence-corrected chi connectivity index (χ0v) is 11.7. The SMILES string of the molecule is COC1C=CC=C2N=CC(CCN(C)C(C)C)=C21. The van der Waals surface area contributed by atoms with Crippen LogP contribution in [0.2, 0.25) is 0 Å². The minimum atomic E-state index is 0.0619. The number of ether oxygens (including phenoxy) is 1. The highest BCUT2D eigenvalue weighted by molar-refractivity contribution is 5.87. The van der Waals surface area contributed by atoms with E-state index in [-0.39, 0.29) is 6.10 Å². The van der Waals surface area contributed by atoms with Crippen molar-refractivity contribution in [1.29, 1.82) is 0 Å². The molecule has 0 aromatic rings. The predicted molar refractivity (Wildman–Crippen MR) is 75.9 cm³/mol. The lowest BCUT2D eigenvalue weighted by Gasteiger charge is -2.22. The van der Waals surface area contributed by atoms with E-state index in [1.165, 1.54) is 11.1 Å². The summed E-state index contributed by atoms with van der Waals surface area (Å²) in [6.07, 6.45) is 9.24. The number of aliphatic imine (C=N–C) groups is 1. The lowest BCUT2D eigenvalue weighted by Crippen LogP contribution is -2.28. The molecule has 0 N–H and O–H groups in total. The summed E-state index contributed by atoms with van der Waals surface area (Å²) >= 11 is 0. The highest BCUT2D eigenvalue weighted by Crippen LogP contribution is 2.31. The summed E-state index contributed by atoms with van der Waals surface area (Å²) in [7, 11) is 3.91. The fourth-order valence-corrected chi connectivity index (χ4v) is 2.21. The molecule has 1 unspecified atom stereocenters. The molecule has 2 rings (SSSR count). The lowest BCUT2D eigenvalue weighted by atomic mass is 9.96. The summed E-state index contributed by atoms with van der Waals surface area (Å²) in [6.45, 7) is 5.48. The van der Waals surface area contributed by atoms with E-state index in [4.69, 9.17) is 4.74 Å². The van der Waals surface area contributed by atoms with Crippen molar-refractivity contribution < 1.29 is 4.74 Å². The molecule has 0 saturated heterocycles. The average Bonchev–Trinajstić information content (AvgIpc) is 2.78. The zero-order valence-electron chi connectivity index (χ0n) is 11.7. The molecular weight excluding hydrogens is 224 g/mol. The van der Waals surface area contributed by atoms with Crippen LogP contribution in [-0.2, 0) is 4.74 Å². The van der Waals surface area contributed by atoms with Crippen LogP contribution in [0.1, 0.15) is 20.3 Å². The normalized spacial score (nSPS) is 22.1. The molecule has 1 aliphatic heterocycles. The molecule has 0 spiro atoms. The Labute approximate surface area is 110 Å². The van der Waals surface area contributed by atoms with Crippen LogP contribution in [0.15, 0.2) is 40.1 Å². The third-order valence-corrected chi connectivity index (χ3v) is 3.68. The van der Waals surface area contributed by atoms with E-state index in [2.05, 4.69) is 42.9 Å². The smallest absolute Gasteiger partial charge is 0.103 e. The summed E-state index contributed by atoms with van der Waals surface area (Å²) in [5, 5.41) is 0. The second-order valence-electron chi connectivity index (χ2n) is 5.11. The summed E-state index contributed by atoms with van der Waals surface area (Å²) in [5.41, 5.74) is 3.62. The number of hydrogen-bond donors (Lipinski definition) is 0. The van der Waals surface area contributed by atoms with Gasteiger partial charge in [0, 0.05) is 31.5 Å². The van der Waals surface area contributed by atoms with Gasteiger partial charge in [0.25, 0.3) is 0 Å². The van der Waals surface area contributed by atoms with Crippen LogP contribution in [0.5, 0.6) is 0 Å². The van der Waals surface area contributed by atoms with Crippen LogP contribution in [0.4, 0.5) is 0 Å². The Morgan fingerprint density at radius 3 is 2.89 bits per heavy atom. The van der Waals surface area contributed by atoms with Crippen molar-refractivity contribution in [2.45, 2.75) is 32.4 Å². The number of hydrogen-bond acceptors (Lipinski definition) is 3. The van der Waals surface area contributed by atoms with Gasteiger partial charge in [0.15, 0.2) is 0 Å². The summed E-state index contributed by atoms with van der Waals surface area (Å²) in [6, 6.07) is 0.577. The van der Waals surface area contributed by atoms with E-state index in [0.717, 1.165) is 18.7 Å². The minimum absolute atomic E-state index is 0.0619. The van der Waals surface area contributed by atoms with Gasteiger partial charge in [-0.1, -0.05) is 12.2 Å². The number of rotatable bonds is 5. The van der Waals surface area contributed by atoms with Crippen molar-refractivity contribution in [3.63, 3.8) is 0 Å². The lowest BCUT2D eigenvalue weighted by molar-refractivity contribution is 0.169. The highest BCUT2D eigenvalue weighted by atomic mass is 16.5. The second-order valence-corrected chi connectivity index (χ2v) is 5.11. The first-order valence-corrected chi connectivity index (χ1v) is 6.52. The molecule has 0 radical (unpaired) electrons. The van der Waals surface area contributed by atoms with Gasteiger partial charge in [-0.15, -0.1) is 0 Å². The van der Waals surface area contributed by atoms with Gasteiger partial charge in [-0.25, -0.2) is 0 Å². The van der Waals surface area contributed by atoms with Crippen LogP contribution in [-0.4, -0.2) is 44.0 Å². The Balaban J connectivity index is 2.10. The number of methoxy groups -OCH3 is 1. The molecule has 0 aromatic heterocycles. The number of fused-ring (bicyclic) bond motifs is 1. The van der Waals surface area contributed by atoms with Gasteiger partial charge in [-0.3, -0.25) is 4.99 Å². The van der Waals surface area contributed by atoms with E-state index < -0.39 is 0 Å². The van der Waals surface area contributed by atoms with Gasteiger partial charge in [0.05, 0.1) is 5.70 Å². The molecule has 1 atom stereocenters. The molecule has 3 heteroatoms. The van der Waals surface area contributed by atoms with Crippen molar-refractivity contribution in [3.05, 3.63) is 35.1 Å². The predicted octanol–water partition coefficient (Wildman–Crippen LogP) is 2.57. The van der Waals surface area contributed by atoms with E-state index >= 15 is 0 Å². The van der Waals surface area contributed by atoms with Crippen LogP contribution >= 0.6 is 0 Å².